The Balaban J connectivity index is 2.35. The molecule has 0 saturated heterocycles. The number of hydrogen-bond donors (Lipinski definition) is 1. The molecule has 1 aromatic carbocycles. The number of hydrogen-bond acceptors (Lipinski definition) is 3. The number of nitrogens with one attached hydrogen (secondary N) is 1. The lowest BCUT2D eigenvalue weighted by molar-refractivity contribution is -0.120. The first-order valence-corrected chi connectivity index (χ1v) is 5.45. The van der Waals surface area contributed by atoms with Gasteiger partial charge < -0.3 is 0 Å². The van der Waals surface area contributed by atoms with Crippen molar-refractivity contribution >= 4 is 11.6 Å². The Morgan fingerprint density at radius 2 is 2.12 bits per heavy atom. The van der Waals surface area contributed by atoms with Gasteiger partial charge in [-0.1, -0.05) is 30.3 Å². The van der Waals surface area contributed by atoms with Crippen LogP contribution in [0.3, 0.4) is 0 Å². The Morgan fingerprint density at radius 3 is 2.76 bits per heavy atom. The summed E-state index contributed by atoms with van der Waals surface area (Å²) in [6, 6.07) is 11.9. The number of rotatable bonds is 5. The van der Waals surface area contributed by atoms with E-state index in [2.05, 4.69) is 22.7 Å². The molecule has 0 aliphatic heterocycles. The summed E-state index contributed by atoms with van der Waals surface area (Å²) in [5, 5.41) is 12.2. The van der Waals surface area contributed by atoms with Gasteiger partial charge in [0.15, 0.2) is 0 Å². The molecule has 88 valence electrons. The summed E-state index contributed by atoms with van der Waals surface area (Å²) in [7, 11) is 0. The highest BCUT2D eigenvalue weighted by atomic mass is 16.2. The quantitative estimate of drug-likeness (QED) is 0.620. The Kier molecular flexibility index (Phi) is 5.45. The zero-order valence-electron chi connectivity index (χ0n) is 9.81. The monoisotopic (exact) mass is 229 g/mol. The van der Waals surface area contributed by atoms with Crippen molar-refractivity contribution in [3.63, 3.8) is 0 Å². The van der Waals surface area contributed by atoms with Gasteiger partial charge in [-0.25, -0.2) is 5.43 Å². The molecule has 1 N–H and O–H groups in total. The van der Waals surface area contributed by atoms with Gasteiger partial charge in [0, 0.05) is 5.71 Å². The summed E-state index contributed by atoms with van der Waals surface area (Å²) < 4.78 is 0. The molecular weight excluding hydrogens is 214 g/mol. The van der Waals surface area contributed by atoms with Crippen LogP contribution >= 0.6 is 0 Å². The SMILES string of the molecule is C/C(CCc1ccccc1)=N/NC(=O)CC#N. The second-order valence-corrected chi connectivity index (χ2v) is 3.70. The first-order chi connectivity index (χ1) is 8.22. The molecule has 0 heterocycles. The molecule has 0 fully saturated rings. The van der Waals surface area contributed by atoms with Crippen LogP contribution in [0.25, 0.3) is 0 Å². The van der Waals surface area contributed by atoms with Crippen LogP contribution in [0.1, 0.15) is 25.3 Å². The highest BCUT2D eigenvalue weighted by Crippen LogP contribution is 2.02. The third kappa shape index (κ3) is 5.47. The lowest BCUT2D eigenvalue weighted by Gasteiger charge is -2.01. The lowest BCUT2D eigenvalue weighted by Crippen LogP contribution is -2.18. The minimum atomic E-state index is -0.369. The number of carbonyl (C=O) groups is 1. The Bertz CT molecular complexity index is 432. The van der Waals surface area contributed by atoms with Gasteiger partial charge in [-0.05, 0) is 25.3 Å². The summed E-state index contributed by atoms with van der Waals surface area (Å²) in [6.45, 7) is 1.86. The summed E-state index contributed by atoms with van der Waals surface area (Å²) >= 11 is 0. The lowest BCUT2D eigenvalue weighted by atomic mass is 10.1. The molecule has 1 aromatic rings. The van der Waals surface area contributed by atoms with E-state index in [4.69, 9.17) is 5.26 Å². The molecule has 0 saturated carbocycles. The van der Waals surface area contributed by atoms with E-state index in [-0.39, 0.29) is 12.3 Å². The second kappa shape index (κ2) is 7.18. The minimum Gasteiger partial charge on any atom is -0.272 e. The van der Waals surface area contributed by atoms with E-state index < -0.39 is 0 Å². The number of hydrazone groups is 1. The fourth-order valence-corrected chi connectivity index (χ4v) is 1.29. The standard InChI is InChI=1S/C13H15N3O/c1-11(15-16-13(17)9-10-14)7-8-12-5-3-2-4-6-12/h2-6H,7-9H2,1H3,(H,16,17)/b15-11-. The van der Waals surface area contributed by atoms with Crippen LogP contribution in [-0.4, -0.2) is 11.6 Å². The molecule has 0 bridgehead atoms. The van der Waals surface area contributed by atoms with Crippen LogP contribution in [0.4, 0.5) is 0 Å². The molecule has 4 heteroatoms. The van der Waals surface area contributed by atoms with Gasteiger partial charge >= 0.3 is 0 Å². The van der Waals surface area contributed by atoms with Crippen molar-refractivity contribution < 1.29 is 4.79 Å². The van der Waals surface area contributed by atoms with E-state index in [9.17, 15) is 4.79 Å². The summed E-state index contributed by atoms with van der Waals surface area (Å²) in [6.07, 6.45) is 1.52. The molecule has 1 rings (SSSR count). The van der Waals surface area contributed by atoms with Crippen molar-refractivity contribution in [2.45, 2.75) is 26.2 Å². The predicted molar refractivity (Wildman–Crippen MR) is 66.2 cm³/mol. The molecule has 1 amide bonds. The van der Waals surface area contributed by atoms with Gasteiger partial charge in [0.05, 0.1) is 6.07 Å². The Morgan fingerprint density at radius 1 is 1.41 bits per heavy atom. The van der Waals surface area contributed by atoms with Crippen molar-refractivity contribution in [3.05, 3.63) is 35.9 Å². The summed E-state index contributed by atoms with van der Waals surface area (Å²) in [5.74, 6) is -0.369. The Hall–Kier alpha value is -2.15. The third-order valence-corrected chi connectivity index (χ3v) is 2.23. The van der Waals surface area contributed by atoms with Crippen LogP contribution in [0.2, 0.25) is 0 Å². The molecule has 0 unspecified atom stereocenters. The number of carbonyl (C=O) groups excluding carboxylic acids is 1. The molecule has 0 atom stereocenters. The molecular formula is C13H15N3O. The van der Waals surface area contributed by atoms with Gasteiger partial charge in [-0.15, -0.1) is 0 Å². The molecule has 0 radical (unpaired) electrons. The molecule has 17 heavy (non-hydrogen) atoms. The van der Waals surface area contributed by atoms with Crippen molar-refractivity contribution in [1.29, 1.82) is 5.26 Å². The van der Waals surface area contributed by atoms with Crippen molar-refractivity contribution in [1.82, 2.24) is 5.43 Å². The predicted octanol–water partition coefficient (Wildman–Crippen LogP) is 2.02. The second-order valence-electron chi connectivity index (χ2n) is 3.70. The van der Waals surface area contributed by atoms with E-state index in [0.717, 1.165) is 18.6 Å². The van der Waals surface area contributed by atoms with Crippen molar-refractivity contribution in [3.8, 4) is 6.07 Å². The van der Waals surface area contributed by atoms with Gasteiger partial charge in [0.1, 0.15) is 6.42 Å². The van der Waals surface area contributed by atoms with Crippen LogP contribution in [0, 0.1) is 11.3 Å². The minimum absolute atomic E-state index is 0.157. The van der Waals surface area contributed by atoms with Gasteiger partial charge in [-0.2, -0.15) is 10.4 Å². The van der Waals surface area contributed by atoms with E-state index in [1.165, 1.54) is 5.56 Å². The van der Waals surface area contributed by atoms with E-state index in [0.29, 0.717) is 0 Å². The average Bonchev–Trinajstić information content (AvgIpc) is 2.35. The zero-order valence-corrected chi connectivity index (χ0v) is 9.81. The van der Waals surface area contributed by atoms with E-state index in [1.54, 1.807) is 6.07 Å². The first kappa shape index (κ1) is 12.9. The fraction of sp³-hybridized carbons (Fsp3) is 0.308. The maximum Gasteiger partial charge on any atom is 0.254 e. The molecule has 0 aliphatic carbocycles. The maximum absolute atomic E-state index is 11.0. The first-order valence-electron chi connectivity index (χ1n) is 5.45. The third-order valence-electron chi connectivity index (χ3n) is 2.23. The average molecular weight is 229 g/mol. The molecule has 0 spiro atoms. The van der Waals surface area contributed by atoms with E-state index in [1.807, 2.05) is 25.1 Å². The highest BCUT2D eigenvalue weighted by Gasteiger charge is 1.98. The largest absolute Gasteiger partial charge is 0.272 e. The number of amides is 1. The van der Waals surface area contributed by atoms with Gasteiger partial charge in [0.2, 0.25) is 0 Å². The zero-order chi connectivity index (χ0) is 12.5. The van der Waals surface area contributed by atoms with Crippen molar-refractivity contribution in [2.24, 2.45) is 5.10 Å². The topological polar surface area (TPSA) is 65.2 Å². The molecule has 4 nitrogen and oxygen atoms in total. The van der Waals surface area contributed by atoms with Crippen LogP contribution in [0.5, 0.6) is 0 Å². The normalized spacial score (nSPS) is 10.7. The number of aryl methyl sites for hydroxylation is 1. The van der Waals surface area contributed by atoms with E-state index >= 15 is 0 Å². The Labute approximate surface area is 101 Å². The van der Waals surface area contributed by atoms with Crippen LogP contribution in [-0.2, 0) is 11.2 Å². The van der Waals surface area contributed by atoms with Crippen LogP contribution < -0.4 is 5.43 Å². The molecule has 0 aromatic heterocycles. The number of nitriles is 1. The number of benzene rings is 1. The van der Waals surface area contributed by atoms with Crippen molar-refractivity contribution in [2.75, 3.05) is 0 Å². The number of nitrogens with zero attached hydrogens (tertiary/aromatic N) is 2. The maximum atomic E-state index is 11.0. The highest BCUT2D eigenvalue weighted by molar-refractivity contribution is 5.85. The van der Waals surface area contributed by atoms with Gasteiger partial charge in [-0.3, -0.25) is 4.79 Å². The molecule has 0 aliphatic rings. The fourth-order valence-electron chi connectivity index (χ4n) is 1.29. The van der Waals surface area contributed by atoms with Gasteiger partial charge in [0.25, 0.3) is 5.91 Å². The smallest absolute Gasteiger partial charge is 0.254 e. The summed E-state index contributed by atoms with van der Waals surface area (Å²) in [5.41, 5.74) is 4.43. The summed E-state index contributed by atoms with van der Waals surface area (Å²) in [4.78, 5) is 11.0. The van der Waals surface area contributed by atoms with Crippen LogP contribution in [0.15, 0.2) is 35.4 Å².